The van der Waals surface area contributed by atoms with Crippen LogP contribution in [0.15, 0.2) is 73.1 Å². The lowest BCUT2D eigenvalue weighted by molar-refractivity contribution is -0.136. The zero-order valence-electron chi connectivity index (χ0n) is 28.1. The molecule has 3 heterocycles. The van der Waals surface area contributed by atoms with Gasteiger partial charge in [0.2, 0.25) is 24.2 Å². The van der Waals surface area contributed by atoms with Crippen LogP contribution in [0.4, 0.5) is 11.6 Å². The number of aromatic nitrogens is 3. The molecule has 4 aromatic rings. The third-order valence-corrected chi connectivity index (χ3v) is 10.1. The number of hydrogen-bond donors (Lipinski definition) is 2. The number of carbonyl (C=O) groups is 4. The Kier molecular flexibility index (Phi) is 10.1. The van der Waals surface area contributed by atoms with E-state index in [1.807, 2.05) is 37.3 Å². The molecule has 2 aromatic heterocycles. The van der Waals surface area contributed by atoms with Crippen molar-refractivity contribution in [3.05, 3.63) is 106 Å². The lowest BCUT2D eigenvalue weighted by Crippen LogP contribution is -2.64. The highest BCUT2D eigenvalue weighted by molar-refractivity contribution is 6.35. The minimum Gasteiger partial charge on any atom is -0.343 e. The summed E-state index contributed by atoms with van der Waals surface area (Å²) in [5, 5.41) is 16.1. The van der Waals surface area contributed by atoms with E-state index < -0.39 is 23.0 Å². The summed E-state index contributed by atoms with van der Waals surface area (Å²) in [6.45, 7) is 3.90. The van der Waals surface area contributed by atoms with Crippen molar-refractivity contribution in [2.75, 3.05) is 18.0 Å². The number of nitrogens with one attached hydrogen (secondary N) is 2. The zero-order valence-corrected chi connectivity index (χ0v) is 29.6. The zero-order chi connectivity index (χ0) is 36.3. The van der Waals surface area contributed by atoms with Gasteiger partial charge in [0.05, 0.1) is 34.7 Å². The van der Waals surface area contributed by atoms with E-state index in [0.29, 0.717) is 47.0 Å². The van der Waals surface area contributed by atoms with Gasteiger partial charge in [-0.3, -0.25) is 29.1 Å². The van der Waals surface area contributed by atoms with Crippen molar-refractivity contribution in [3.8, 4) is 6.07 Å². The summed E-state index contributed by atoms with van der Waals surface area (Å²) in [7, 11) is 0. The van der Waals surface area contributed by atoms with E-state index in [2.05, 4.69) is 26.7 Å². The fourth-order valence-corrected chi connectivity index (χ4v) is 7.14. The van der Waals surface area contributed by atoms with Gasteiger partial charge in [-0.25, -0.2) is 4.98 Å². The van der Waals surface area contributed by atoms with Gasteiger partial charge < -0.3 is 20.1 Å². The van der Waals surface area contributed by atoms with E-state index in [1.54, 1.807) is 39.9 Å². The van der Waals surface area contributed by atoms with Crippen molar-refractivity contribution in [2.24, 2.45) is 0 Å². The van der Waals surface area contributed by atoms with Crippen molar-refractivity contribution >= 4 is 59.0 Å². The normalized spacial score (nSPS) is 16.3. The number of anilines is 2. The van der Waals surface area contributed by atoms with E-state index in [-0.39, 0.29) is 49.4 Å². The predicted molar refractivity (Wildman–Crippen MR) is 191 cm³/mol. The summed E-state index contributed by atoms with van der Waals surface area (Å²) < 4.78 is 1.64. The molecule has 0 spiro atoms. The molecule has 1 aliphatic heterocycles. The first-order chi connectivity index (χ1) is 24.5. The Morgan fingerprint density at radius 3 is 2.25 bits per heavy atom. The van der Waals surface area contributed by atoms with E-state index in [4.69, 9.17) is 23.2 Å². The molecule has 1 aliphatic carbocycles. The van der Waals surface area contributed by atoms with Gasteiger partial charge in [-0.2, -0.15) is 5.26 Å². The summed E-state index contributed by atoms with van der Waals surface area (Å²) in [5.74, 6) is -0.921. The smallest absolute Gasteiger partial charge is 0.270 e. The van der Waals surface area contributed by atoms with E-state index >= 15 is 0 Å². The lowest BCUT2D eigenvalue weighted by atomic mass is 9.85. The maximum atomic E-state index is 14.5. The molecule has 2 N–H and O–H groups in total. The highest BCUT2D eigenvalue weighted by Gasteiger charge is 2.52. The molecule has 1 atom stereocenters. The molecule has 1 saturated carbocycles. The molecule has 1 saturated heterocycles. The lowest BCUT2D eigenvalue weighted by Gasteiger charge is -2.41. The van der Waals surface area contributed by atoms with Crippen LogP contribution in [0.5, 0.6) is 0 Å². The van der Waals surface area contributed by atoms with Crippen molar-refractivity contribution in [1.82, 2.24) is 30.1 Å². The Hall–Kier alpha value is -5.25. The van der Waals surface area contributed by atoms with Crippen molar-refractivity contribution in [1.29, 1.82) is 5.26 Å². The number of halogens is 2. The summed E-state index contributed by atoms with van der Waals surface area (Å²) in [6.07, 6.45) is 5.81. The number of amides is 4. The Morgan fingerprint density at radius 1 is 1.00 bits per heavy atom. The Balaban J connectivity index is 1.37. The maximum absolute atomic E-state index is 14.5. The molecule has 2 aliphatic rings. The molecule has 0 bridgehead atoms. The SMILES string of the molecule is CC(=O)N1CCC(NC(=O)c2cnc(N(C=O)c3cc(Cl)cc(Cl)c3)n2[C@H](C)Cc2ccc(C#N)cc2)(C(=O)NC2(c3ccccn3)CC2)CC1. The summed E-state index contributed by atoms with van der Waals surface area (Å²) in [5.41, 5.74) is 0.588. The molecular weight excluding hydrogens is 691 g/mol. The molecule has 4 amide bonds. The average Bonchev–Trinajstić information content (AvgIpc) is 3.77. The van der Waals surface area contributed by atoms with Crippen LogP contribution in [0.3, 0.4) is 0 Å². The van der Waals surface area contributed by atoms with E-state index in [1.165, 1.54) is 24.1 Å². The van der Waals surface area contributed by atoms with Crippen LogP contribution in [0.2, 0.25) is 10.0 Å². The van der Waals surface area contributed by atoms with Crippen molar-refractivity contribution < 1.29 is 19.2 Å². The molecule has 2 fully saturated rings. The van der Waals surface area contributed by atoms with Crippen LogP contribution in [0.25, 0.3) is 0 Å². The second-order valence-electron chi connectivity index (χ2n) is 13.1. The standard InChI is InChI=1S/C37H36Cl2N8O4/c1-24(17-26-6-8-27(21-40)9-7-26)47-31(22-42-35(47)46(23-48)30-19-28(38)18-29(39)20-30)33(50)43-37(12-15-45(16-13-37)25(2)49)34(51)44-36(10-11-36)32-5-3-4-14-41-32/h3-9,14,18-20,22-24H,10-13,15-17H2,1-2H3,(H,43,50)(H,44,51)/t24-/m1/s1. The molecule has 51 heavy (non-hydrogen) atoms. The highest BCUT2D eigenvalue weighted by Crippen LogP contribution is 2.45. The second-order valence-corrected chi connectivity index (χ2v) is 13.9. The molecule has 2 aromatic carbocycles. The number of rotatable bonds is 11. The first kappa shape index (κ1) is 35.6. The van der Waals surface area contributed by atoms with Gasteiger partial charge >= 0.3 is 0 Å². The average molecular weight is 728 g/mol. The third kappa shape index (κ3) is 7.45. The van der Waals surface area contributed by atoms with Gasteiger partial charge in [0.1, 0.15) is 11.2 Å². The van der Waals surface area contributed by atoms with Gasteiger partial charge in [0.25, 0.3) is 5.91 Å². The van der Waals surface area contributed by atoms with Crippen LogP contribution in [0.1, 0.15) is 72.9 Å². The van der Waals surface area contributed by atoms with Gasteiger partial charge in [0, 0.05) is 42.3 Å². The van der Waals surface area contributed by atoms with Crippen LogP contribution in [-0.2, 0) is 26.3 Å². The minimum absolute atomic E-state index is 0.109. The quantitative estimate of drug-likeness (QED) is 0.194. The van der Waals surface area contributed by atoms with Gasteiger partial charge in [-0.15, -0.1) is 0 Å². The number of likely N-dealkylation sites (tertiary alicyclic amines) is 1. The number of imidazole rings is 1. The van der Waals surface area contributed by atoms with Crippen LogP contribution >= 0.6 is 23.2 Å². The molecule has 12 nitrogen and oxygen atoms in total. The predicted octanol–water partition coefficient (Wildman–Crippen LogP) is 5.47. The molecule has 14 heteroatoms. The Bertz CT molecular complexity index is 1980. The number of carbonyl (C=O) groups excluding carboxylic acids is 4. The largest absolute Gasteiger partial charge is 0.343 e. The van der Waals surface area contributed by atoms with E-state index in [9.17, 15) is 24.4 Å². The van der Waals surface area contributed by atoms with Crippen LogP contribution < -0.4 is 15.5 Å². The van der Waals surface area contributed by atoms with Crippen molar-refractivity contribution in [2.45, 2.75) is 63.1 Å². The summed E-state index contributed by atoms with van der Waals surface area (Å²) in [6, 6.07) is 19.0. The van der Waals surface area contributed by atoms with Crippen molar-refractivity contribution in [3.63, 3.8) is 0 Å². The summed E-state index contributed by atoms with van der Waals surface area (Å²) >= 11 is 12.6. The second kappa shape index (κ2) is 14.5. The first-order valence-electron chi connectivity index (χ1n) is 16.6. The highest BCUT2D eigenvalue weighted by atomic mass is 35.5. The van der Waals surface area contributed by atoms with Gasteiger partial charge in [0.15, 0.2) is 0 Å². The maximum Gasteiger partial charge on any atom is 0.270 e. The summed E-state index contributed by atoms with van der Waals surface area (Å²) in [4.78, 5) is 65.7. The van der Waals surface area contributed by atoms with Crippen LogP contribution in [-0.4, -0.2) is 62.2 Å². The molecule has 0 unspecified atom stereocenters. The number of nitriles is 1. The van der Waals surface area contributed by atoms with Gasteiger partial charge in [-0.05, 0) is 87.1 Å². The number of nitrogens with zero attached hydrogens (tertiary/aromatic N) is 6. The number of benzene rings is 2. The fourth-order valence-electron chi connectivity index (χ4n) is 6.63. The first-order valence-corrected chi connectivity index (χ1v) is 17.3. The molecular formula is C37H36Cl2N8O4. The van der Waals surface area contributed by atoms with E-state index in [0.717, 1.165) is 11.3 Å². The number of piperidine rings is 1. The Morgan fingerprint density at radius 2 is 1.69 bits per heavy atom. The van der Waals surface area contributed by atoms with Gasteiger partial charge in [-0.1, -0.05) is 41.4 Å². The third-order valence-electron chi connectivity index (χ3n) is 9.62. The number of pyridine rings is 1. The fraction of sp³-hybridized carbons (Fsp3) is 0.324. The Labute approximate surface area is 305 Å². The van der Waals surface area contributed by atoms with Crippen LogP contribution in [0, 0.1) is 11.3 Å². The minimum atomic E-state index is -1.36. The molecule has 6 rings (SSSR count). The molecule has 0 radical (unpaired) electrons. The topological polar surface area (TPSA) is 153 Å². The number of hydrogen-bond acceptors (Lipinski definition) is 7. The molecule has 262 valence electrons. The monoisotopic (exact) mass is 726 g/mol.